The second kappa shape index (κ2) is 10.7. The molecule has 200 valence electrons. The third kappa shape index (κ3) is 4.96. The van der Waals surface area contributed by atoms with Crippen molar-refractivity contribution in [3.8, 4) is 11.5 Å². The van der Waals surface area contributed by atoms with Crippen molar-refractivity contribution in [2.45, 2.75) is 38.6 Å². The highest BCUT2D eigenvalue weighted by Crippen LogP contribution is 2.41. The van der Waals surface area contributed by atoms with Crippen molar-refractivity contribution in [1.82, 2.24) is 4.90 Å². The van der Waals surface area contributed by atoms with Gasteiger partial charge in [-0.1, -0.05) is 72.8 Å². The maximum Gasteiger partial charge on any atom is 0.295 e. The van der Waals surface area contributed by atoms with Gasteiger partial charge in [-0.25, -0.2) is 0 Å². The molecule has 2 heterocycles. The van der Waals surface area contributed by atoms with Crippen LogP contribution in [0.5, 0.6) is 11.5 Å². The number of ketones is 1. The fourth-order valence-corrected chi connectivity index (χ4v) is 5.38. The molecule has 0 bridgehead atoms. The van der Waals surface area contributed by atoms with Crippen molar-refractivity contribution in [2.75, 3.05) is 0 Å². The highest BCUT2D eigenvalue weighted by atomic mass is 16.5. The van der Waals surface area contributed by atoms with Gasteiger partial charge in [0.25, 0.3) is 11.7 Å². The smallest absolute Gasteiger partial charge is 0.295 e. The van der Waals surface area contributed by atoms with Crippen LogP contribution in [0.1, 0.15) is 40.8 Å². The maximum absolute atomic E-state index is 13.5. The van der Waals surface area contributed by atoms with Crippen molar-refractivity contribution < 1.29 is 24.2 Å². The van der Waals surface area contributed by atoms with Crippen molar-refractivity contribution in [3.63, 3.8) is 0 Å². The number of ether oxygens (including phenoxy) is 2. The van der Waals surface area contributed by atoms with Gasteiger partial charge in [-0.05, 0) is 59.5 Å². The lowest BCUT2D eigenvalue weighted by Crippen LogP contribution is -2.29. The molecule has 2 aliphatic heterocycles. The van der Waals surface area contributed by atoms with E-state index in [9.17, 15) is 14.7 Å². The summed E-state index contributed by atoms with van der Waals surface area (Å²) in [7, 11) is 0. The molecule has 1 fully saturated rings. The molecule has 0 spiro atoms. The number of likely N-dealkylation sites (tertiary alicyclic amines) is 1. The van der Waals surface area contributed by atoms with Crippen LogP contribution in [0.4, 0.5) is 0 Å². The second-order valence-electron chi connectivity index (χ2n) is 10.2. The molecular formula is C34H29NO5. The summed E-state index contributed by atoms with van der Waals surface area (Å²) in [6.45, 7) is 2.64. The summed E-state index contributed by atoms with van der Waals surface area (Å²) >= 11 is 0. The van der Waals surface area contributed by atoms with Gasteiger partial charge in [-0.15, -0.1) is 0 Å². The van der Waals surface area contributed by atoms with Crippen LogP contribution < -0.4 is 9.47 Å². The van der Waals surface area contributed by atoms with E-state index in [1.54, 1.807) is 6.07 Å². The molecule has 1 N–H and O–H groups in total. The van der Waals surface area contributed by atoms with E-state index in [0.29, 0.717) is 29.9 Å². The number of aliphatic hydroxyl groups excluding tert-OH is 1. The second-order valence-corrected chi connectivity index (χ2v) is 10.2. The van der Waals surface area contributed by atoms with Gasteiger partial charge in [0.1, 0.15) is 30.0 Å². The number of nitrogens with zero attached hydrogens (tertiary/aromatic N) is 1. The zero-order chi connectivity index (χ0) is 27.6. The minimum absolute atomic E-state index is 0.0477. The fraction of sp³-hybridized carbons (Fsp3) is 0.176. The van der Waals surface area contributed by atoms with Crippen LogP contribution in [-0.4, -0.2) is 27.8 Å². The van der Waals surface area contributed by atoms with Gasteiger partial charge in [0, 0.05) is 18.5 Å². The van der Waals surface area contributed by atoms with Gasteiger partial charge < -0.3 is 19.5 Å². The number of carbonyl (C=O) groups is 2. The normalized spacial score (nSPS) is 19.4. The molecule has 4 aromatic carbocycles. The molecule has 1 saturated heterocycles. The Morgan fingerprint density at radius 2 is 1.57 bits per heavy atom. The summed E-state index contributed by atoms with van der Waals surface area (Å²) < 4.78 is 11.7. The van der Waals surface area contributed by atoms with E-state index in [0.717, 1.165) is 22.4 Å². The van der Waals surface area contributed by atoms with Crippen LogP contribution in [0, 0.1) is 0 Å². The summed E-state index contributed by atoms with van der Waals surface area (Å²) in [5.74, 6) is -0.0897. The van der Waals surface area contributed by atoms with Gasteiger partial charge >= 0.3 is 0 Å². The quantitative estimate of drug-likeness (QED) is 0.174. The number of amides is 1. The zero-order valence-corrected chi connectivity index (χ0v) is 22.1. The highest BCUT2D eigenvalue weighted by molar-refractivity contribution is 6.46. The first kappa shape index (κ1) is 25.4. The Morgan fingerprint density at radius 3 is 2.27 bits per heavy atom. The fourth-order valence-electron chi connectivity index (χ4n) is 5.38. The summed E-state index contributed by atoms with van der Waals surface area (Å²) in [4.78, 5) is 28.4. The number of fused-ring (bicyclic) bond motifs is 1. The molecule has 0 saturated carbocycles. The van der Waals surface area contributed by atoms with E-state index in [2.05, 4.69) is 0 Å². The van der Waals surface area contributed by atoms with Crippen LogP contribution in [0.25, 0.3) is 5.76 Å². The molecule has 2 aliphatic rings. The van der Waals surface area contributed by atoms with Gasteiger partial charge in [-0.3, -0.25) is 9.59 Å². The average Bonchev–Trinajstić information content (AvgIpc) is 3.48. The summed E-state index contributed by atoms with van der Waals surface area (Å²) in [5, 5.41) is 11.5. The zero-order valence-electron chi connectivity index (χ0n) is 22.1. The predicted molar refractivity (Wildman–Crippen MR) is 152 cm³/mol. The Hall–Kier alpha value is -4.84. The Morgan fingerprint density at radius 1 is 0.900 bits per heavy atom. The summed E-state index contributed by atoms with van der Waals surface area (Å²) in [5.41, 5.74) is 4.18. The molecule has 0 aliphatic carbocycles. The molecule has 0 unspecified atom stereocenters. The topological polar surface area (TPSA) is 76.1 Å². The third-order valence-corrected chi connectivity index (χ3v) is 7.35. The molecule has 2 atom stereocenters. The Balaban J connectivity index is 1.37. The van der Waals surface area contributed by atoms with Crippen molar-refractivity contribution in [3.05, 3.63) is 137 Å². The molecule has 0 radical (unpaired) electrons. The molecule has 40 heavy (non-hydrogen) atoms. The number of carbonyl (C=O) groups excluding carboxylic acids is 2. The van der Waals surface area contributed by atoms with Crippen LogP contribution in [-0.2, 0) is 29.2 Å². The lowest BCUT2D eigenvalue weighted by atomic mass is 9.94. The van der Waals surface area contributed by atoms with Gasteiger partial charge in [-0.2, -0.15) is 0 Å². The third-order valence-electron chi connectivity index (χ3n) is 7.35. The van der Waals surface area contributed by atoms with Crippen molar-refractivity contribution >= 4 is 17.4 Å². The summed E-state index contributed by atoms with van der Waals surface area (Å²) in [6.07, 6.45) is 0.763. The highest BCUT2D eigenvalue weighted by Gasteiger charge is 2.46. The standard InChI is InChI=1S/C34H29NO5/c1-22-18-27-19-26(14-17-29(27)40-22)32(36)30-31(35(34(38)33(30)37)20-23-8-4-2-5-9-23)25-12-15-28(16-13-25)39-21-24-10-6-3-7-11-24/h2-17,19,22,31,36H,18,20-21H2,1H3/b32-30+/t22-,31-/m0/s1. The SMILES string of the molecule is C[C@H]1Cc2cc(/C(O)=C3\C(=O)C(=O)N(Cc4ccccc4)[C@H]3c3ccc(OCc4ccccc4)cc3)ccc2O1. The van der Waals surface area contributed by atoms with Crippen LogP contribution in [0.3, 0.4) is 0 Å². The van der Waals surface area contributed by atoms with E-state index < -0.39 is 17.7 Å². The predicted octanol–water partition coefficient (Wildman–Crippen LogP) is 6.21. The molecule has 6 heteroatoms. The minimum Gasteiger partial charge on any atom is -0.507 e. The van der Waals surface area contributed by atoms with Crippen molar-refractivity contribution in [1.29, 1.82) is 0 Å². The van der Waals surface area contributed by atoms with E-state index in [4.69, 9.17) is 9.47 Å². The Labute approximate surface area is 233 Å². The largest absolute Gasteiger partial charge is 0.507 e. The van der Waals surface area contributed by atoms with E-state index in [-0.39, 0.29) is 24.0 Å². The number of rotatable bonds is 7. The monoisotopic (exact) mass is 531 g/mol. The Kier molecular flexibility index (Phi) is 6.83. The number of benzene rings is 4. The van der Waals surface area contributed by atoms with Gasteiger partial charge in [0.2, 0.25) is 0 Å². The minimum atomic E-state index is -0.758. The number of Topliss-reactive ketones (excluding diaryl/α,β-unsaturated/α-hetero) is 1. The molecule has 6 rings (SSSR count). The molecule has 4 aromatic rings. The lowest BCUT2D eigenvalue weighted by Gasteiger charge is -2.25. The van der Waals surface area contributed by atoms with Crippen LogP contribution >= 0.6 is 0 Å². The molecule has 0 aromatic heterocycles. The van der Waals surface area contributed by atoms with E-state index in [1.807, 2.05) is 104 Å². The van der Waals surface area contributed by atoms with Crippen LogP contribution in [0.15, 0.2) is 109 Å². The molecule has 6 nitrogen and oxygen atoms in total. The van der Waals surface area contributed by atoms with E-state index >= 15 is 0 Å². The number of hydrogen-bond donors (Lipinski definition) is 1. The maximum atomic E-state index is 13.5. The average molecular weight is 532 g/mol. The number of aliphatic hydroxyl groups is 1. The van der Waals surface area contributed by atoms with E-state index in [1.165, 1.54) is 4.90 Å². The van der Waals surface area contributed by atoms with Crippen molar-refractivity contribution in [2.24, 2.45) is 0 Å². The van der Waals surface area contributed by atoms with Crippen LogP contribution in [0.2, 0.25) is 0 Å². The summed E-state index contributed by atoms with van der Waals surface area (Å²) in [6, 6.07) is 31.4. The first-order valence-corrected chi connectivity index (χ1v) is 13.4. The Bertz CT molecular complexity index is 1580. The lowest BCUT2D eigenvalue weighted by molar-refractivity contribution is -0.140. The molecule has 1 amide bonds. The molecular weight excluding hydrogens is 502 g/mol. The first-order valence-electron chi connectivity index (χ1n) is 13.4. The number of hydrogen-bond acceptors (Lipinski definition) is 5. The van der Waals surface area contributed by atoms with Gasteiger partial charge in [0.15, 0.2) is 0 Å². The van der Waals surface area contributed by atoms with Gasteiger partial charge in [0.05, 0.1) is 11.6 Å². The first-order chi connectivity index (χ1) is 19.5.